The molecule has 0 radical (unpaired) electrons. The third-order valence-electron chi connectivity index (χ3n) is 2.75. The molecule has 6 heteroatoms. The minimum atomic E-state index is 0.364. The lowest BCUT2D eigenvalue weighted by atomic mass is 10.2. The Morgan fingerprint density at radius 3 is 2.89 bits per heavy atom. The van der Waals surface area contributed by atoms with Crippen LogP contribution < -0.4 is 4.74 Å². The second kappa shape index (κ2) is 4.51. The summed E-state index contributed by atoms with van der Waals surface area (Å²) in [5.74, 6) is 1.67. The Kier molecular flexibility index (Phi) is 2.83. The molecule has 0 spiro atoms. The van der Waals surface area contributed by atoms with Gasteiger partial charge in [-0.05, 0) is 31.5 Å². The molecule has 0 N–H and O–H groups in total. The first kappa shape index (κ1) is 11.9. The highest BCUT2D eigenvalue weighted by Gasteiger charge is 2.14. The average molecular weight is 275 g/mol. The first-order valence-corrected chi connectivity index (χ1v) is 6.13. The van der Waals surface area contributed by atoms with E-state index in [1.807, 2.05) is 38.1 Å². The minimum absolute atomic E-state index is 0.364. The summed E-state index contributed by atoms with van der Waals surface area (Å²) < 4.78 is 7.41. The Morgan fingerprint density at radius 1 is 1.26 bits per heavy atom. The molecular formula is C13H11ClN4O. The van der Waals surface area contributed by atoms with Crippen LogP contribution in [0.4, 0.5) is 0 Å². The lowest BCUT2D eigenvalue weighted by molar-refractivity contribution is 0.441. The summed E-state index contributed by atoms with van der Waals surface area (Å²) in [5, 5.41) is 4.46. The molecule has 0 amide bonds. The summed E-state index contributed by atoms with van der Waals surface area (Å²) in [6.07, 6.45) is 1.42. The van der Waals surface area contributed by atoms with Gasteiger partial charge in [0.25, 0.3) is 5.78 Å². The van der Waals surface area contributed by atoms with Crippen molar-refractivity contribution in [2.45, 2.75) is 13.8 Å². The fraction of sp³-hybridized carbons (Fsp3) is 0.154. The standard InChI is InChI=1S/C13H11ClN4O/c1-8-4-3-5-10(6-8)19-12-9(2)11(14)17-13-15-7-16-18(12)13/h3-7H,1-2H3. The summed E-state index contributed by atoms with van der Waals surface area (Å²) in [4.78, 5) is 8.15. The summed E-state index contributed by atoms with van der Waals surface area (Å²) in [6.45, 7) is 3.84. The lowest BCUT2D eigenvalue weighted by Gasteiger charge is -2.10. The Bertz CT molecular complexity index is 753. The zero-order valence-corrected chi connectivity index (χ0v) is 11.2. The fourth-order valence-corrected chi connectivity index (χ4v) is 1.94. The van der Waals surface area contributed by atoms with Crippen LogP contribution in [-0.2, 0) is 0 Å². The van der Waals surface area contributed by atoms with E-state index in [1.165, 1.54) is 10.8 Å². The quantitative estimate of drug-likeness (QED) is 0.674. The highest BCUT2D eigenvalue weighted by Crippen LogP contribution is 2.28. The van der Waals surface area contributed by atoms with Crippen molar-refractivity contribution in [2.24, 2.45) is 0 Å². The highest BCUT2D eigenvalue weighted by atomic mass is 35.5. The molecule has 3 rings (SSSR count). The summed E-state index contributed by atoms with van der Waals surface area (Å²) in [5.41, 5.74) is 1.84. The van der Waals surface area contributed by atoms with Crippen molar-refractivity contribution < 1.29 is 4.74 Å². The van der Waals surface area contributed by atoms with E-state index < -0.39 is 0 Å². The van der Waals surface area contributed by atoms with Crippen LogP contribution in [0, 0.1) is 13.8 Å². The average Bonchev–Trinajstić information content (AvgIpc) is 2.83. The van der Waals surface area contributed by atoms with Gasteiger partial charge in [0.15, 0.2) is 0 Å². The predicted octanol–water partition coefficient (Wildman–Crippen LogP) is 3.19. The maximum Gasteiger partial charge on any atom is 0.256 e. The van der Waals surface area contributed by atoms with E-state index in [2.05, 4.69) is 15.1 Å². The highest BCUT2D eigenvalue weighted by molar-refractivity contribution is 6.30. The second-order valence-electron chi connectivity index (χ2n) is 4.22. The van der Waals surface area contributed by atoms with Crippen LogP contribution in [0.5, 0.6) is 11.6 Å². The van der Waals surface area contributed by atoms with E-state index in [9.17, 15) is 0 Å². The van der Waals surface area contributed by atoms with Crippen molar-refractivity contribution >= 4 is 17.4 Å². The minimum Gasteiger partial charge on any atom is -0.438 e. The van der Waals surface area contributed by atoms with Crippen molar-refractivity contribution in [1.29, 1.82) is 0 Å². The number of halogens is 1. The second-order valence-corrected chi connectivity index (χ2v) is 4.58. The van der Waals surface area contributed by atoms with E-state index in [0.717, 1.165) is 16.9 Å². The van der Waals surface area contributed by atoms with Gasteiger partial charge in [-0.25, -0.2) is 0 Å². The van der Waals surface area contributed by atoms with Gasteiger partial charge in [-0.3, -0.25) is 0 Å². The number of benzene rings is 1. The SMILES string of the molecule is Cc1cccc(Oc2c(C)c(Cl)nc3ncnn23)c1. The molecular weight excluding hydrogens is 264 g/mol. The first-order valence-electron chi connectivity index (χ1n) is 5.75. The molecule has 2 aromatic heterocycles. The van der Waals surface area contributed by atoms with Crippen molar-refractivity contribution in [2.75, 3.05) is 0 Å². The number of aryl methyl sites for hydroxylation is 1. The number of ether oxygens (including phenoxy) is 1. The topological polar surface area (TPSA) is 52.3 Å². The molecule has 0 aliphatic rings. The van der Waals surface area contributed by atoms with Crippen LogP contribution in [-0.4, -0.2) is 19.6 Å². The van der Waals surface area contributed by atoms with Gasteiger partial charge in [0, 0.05) is 5.56 Å². The molecule has 2 heterocycles. The van der Waals surface area contributed by atoms with Gasteiger partial charge in [-0.2, -0.15) is 19.6 Å². The Morgan fingerprint density at radius 2 is 2.11 bits per heavy atom. The van der Waals surface area contributed by atoms with Gasteiger partial charge in [-0.15, -0.1) is 0 Å². The largest absolute Gasteiger partial charge is 0.438 e. The molecule has 0 saturated carbocycles. The molecule has 0 saturated heterocycles. The van der Waals surface area contributed by atoms with Crippen LogP contribution in [0.2, 0.25) is 5.15 Å². The van der Waals surface area contributed by atoms with Crippen LogP contribution in [0.1, 0.15) is 11.1 Å². The Hall–Kier alpha value is -2.14. The first-order chi connectivity index (χ1) is 9.15. The Labute approximate surface area is 114 Å². The van der Waals surface area contributed by atoms with E-state index in [1.54, 1.807) is 0 Å². The van der Waals surface area contributed by atoms with Gasteiger partial charge in [0.1, 0.15) is 17.2 Å². The molecule has 19 heavy (non-hydrogen) atoms. The summed E-state index contributed by atoms with van der Waals surface area (Å²) >= 11 is 6.07. The fourth-order valence-electron chi connectivity index (χ4n) is 1.78. The van der Waals surface area contributed by atoms with Gasteiger partial charge >= 0.3 is 0 Å². The molecule has 5 nitrogen and oxygen atoms in total. The summed E-state index contributed by atoms with van der Waals surface area (Å²) in [6, 6.07) is 7.76. The van der Waals surface area contributed by atoms with Crippen molar-refractivity contribution in [3.63, 3.8) is 0 Å². The van der Waals surface area contributed by atoms with Gasteiger partial charge < -0.3 is 4.74 Å². The number of fused-ring (bicyclic) bond motifs is 1. The van der Waals surface area contributed by atoms with Crippen molar-refractivity contribution in [3.8, 4) is 11.6 Å². The number of nitrogens with zero attached hydrogens (tertiary/aromatic N) is 4. The number of aromatic nitrogens is 4. The van der Waals surface area contributed by atoms with Gasteiger partial charge in [0.2, 0.25) is 5.88 Å². The molecule has 1 aromatic carbocycles. The zero-order valence-electron chi connectivity index (χ0n) is 10.5. The number of hydrogen-bond donors (Lipinski definition) is 0. The third kappa shape index (κ3) is 2.13. The maximum atomic E-state index is 6.07. The van der Waals surface area contributed by atoms with Crippen molar-refractivity contribution in [1.82, 2.24) is 19.6 Å². The van der Waals surface area contributed by atoms with E-state index in [-0.39, 0.29) is 0 Å². The molecule has 3 aromatic rings. The van der Waals surface area contributed by atoms with Crippen LogP contribution in [0.3, 0.4) is 0 Å². The van der Waals surface area contributed by atoms with E-state index >= 15 is 0 Å². The normalized spacial score (nSPS) is 10.9. The van der Waals surface area contributed by atoms with Crippen LogP contribution >= 0.6 is 11.6 Å². The molecule has 0 aliphatic heterocycles. The molecule has 0 unspecified atom stereocenters. The van der Waals surface area contributed by atoms with Crippen molar-refractivity contribution in [3.05, 3.63) is 46.9 Å². The predicted molar refractivity (Wildman–Crippen MR) is 71.8 cm³/mol. The van der Waals surface area contributed by atoms with Crippen LogP contribution in [0.25, 0.3) is 5.78 Å². The number of hydrogen-bond acceptors (Lipinski definition) is 4. The van der Waals surface area contributed by atoms with Crippen LogP contribution in [0.15, 0.2) is 30.6 Å². The lowest BCUT2D eigenvalue weighted by Crippen LogP contribution is -2.01. The van der Waals surface area contributed by atoms with Gasteiger partial charge in [-0.1, -0.05) is 23.7 Å². The third-order valence-corrected chi connectivity index (χ3v) is 3.12. The summed E-state index contributed by atoms with van der Waals surface area (Å²) in [7, 11) is 0. The molecule has 0 aliphatic carbocycles. The van der Waals surface area contributed by atoms with Gasteiger partial charge in [0.05, 0.1) is 0 Å². The monoisotopic (exact) mass is 274 g/mol. The number of rotatable bonds is 2. The Balaban J connectivity index is 2.14. The molecule has 0 bridgehead atoms. The smallest absolute Gasteiger partial charge is 0.256 e. The molecule has 96 valence electrons. The van der Waals surface area contributed by atoms with E-state index in [0.29, 0.717) is 16.8 Å². The maximum absolute atomic E-state index is 6.07. The van der Waals surface area contributed by atoms with E-state index in [4.69, 9.17) is 16.3 Å². The zero-order chi connectivity index (χ0) is 13.4. The molecule has 0 atom stereocenters. The molecule has 0 fully saturated rings.